The summed E-state index contributed by atoms with van der Waals surface area (Å²) in [5, 5.41) is 1.08. The molecule has 1 N–H and O–H groups in total. The first kappa shape index (κ1) is 16.9. The number of aromatic nitrogens is 1. The summed E-state index contributed by atoms with van der Waals surface area (Å²) in [6, 6.07) is 18.8. The molecule has 3 aromatic rings. The second-order valence-corrected chi connectivity index (χ2v) is 7.21. The van der Waals surface area contributed by atoms with Crippen LogP contribution in [-0.2, 0) is 7.05 Å². The summed E-state index contributed by atoms with van der Waals surface area (Å²) < 4.78 is 2.13. The van der Waals surface area contributed by atoms with Gasteiger partial charge in [0, 0.05) is 29.3 Å². The van der Waals surface area contributed by atoms with E-state index in [4.69, 9.17) is 0 Å². The molecule has 2 heterocycles. The van der Waals surface area contributed by atoms with Crippen LogP contribution >= 0.6 is 0 Å². The second kappa shape index (κ2) is 6.96. The lowest BCUT2D eigenvalue weighted by atomic mass is 10.1. The summed E-state index contributed by atoms with van der Waals surface area (Å²) in [6.45, 7) is 6.64. The van der Waals surface area contributed by atoms with Gasteiger partial charge in [-0.25, -0.2) is 0 Å². The van der Waals surface area contributed by atoms with Crippen molar-refractivity contribution >= 4 is 22.4 Å². The number of Topliss-reactive ketones (excluding diaryl/α,β-unsaturated/α-hetero) is 1. The van der Waals surface area contributed by atoms with Crippen LogP contribution in [0.5, 0.6) is 0 Å². The monoisotopic (exact) mass is 348 g/mol. The summed E-state index contributed by atoms with van der Waals surface area (Å²) in [6.07, 6.45) is 0. The molecule has 1 fully saturated rings. The zero-order chi connectivity index (χ0) is 18.1. The van der Waals surface area contributed by atoms with E-state index in [1.807, 2.05) is 19.2 Å². The maximum atomic E-state index is 13.1. The smallest absolute Gasteiger partial charge is 0.219 e. The topological polar surface area (TPSA) is 29.7 Å². The SMILES string of the molecule is Cc1c(C(=O)C[NH+]2CCN(c3ccccc3)CC2)c2ccccc2n1C. The number of fused-ring (bicyclic) bond motifs is 1. The van der Waals surface area contributed by atoms with Crippen molar-refractivity contribution in [3.05, 3.63) is 65.9 Å². The molecule has 1 aliphatic heterocycles. The molecule has 0 amide bonds. The van der Waals surface area contributed by atoms with E-state index in [9.17, 15) is 4.79 Å². The van der Waals surface area contributed by atoms with Crippen molar-refractivity contribution in [2.24, 2.45) is 7.05 Å². The van der Waals surface area contributed by atoms with E-state index in [1.54, 1.807) is 0 Å². The van der Waals surface area contributed by atoms with Gasteiger partial charge < -0.3 is 14.4 Å². The molecule has 1 aliphatic rings. The van der Waals surface area contributed by atoms with Crippen LogP contribution in [0.15, 0.2) is 54.6 Å². The highest BCUT2D eigenvalue weighted by atomic mass is 16.1. The van der Waals surface area contributed by atoms with Gasteiger partial charge in [-0.1, -0.05) is 36.4 Å². The third-order valence-corrected chi connectivity index (χ3v) is 5.68. The van der Waals surface area contributed by atoms with Gasteiger partial charge in [-0.15, -0.1) is 0 Å². The zero-order valence-corrected chi connectivity index (χ0v) is 15.5. The van der Waals surface area contributed by atoms with Gasteiger partial charge in [0.15, 0.2) is 0 Å². The fraction of sp³-hybridized carbons (Fsp3) is 0.318. The van der Waals surface area contributed by atoms with Gasteiger partial charge in [0.1, 0.15) is 6.54 Å². The van der Waals surface area contributed by atoms with Crippen molar-refractivity contribution in [1.29, 1.82) is 0 Å². The number of hydrogen-bond donors (Lipinski definition) is 1. The van der Waals surface area contributed by atoms with Gasteiger partial charge >= 0.3 is 0 Å². The van der Waals surface area contributed by atoms with Gasteiger partial charge in [0.25, 0.3) is 0 Å². The highest BCUT2D eigenvalue weighted by Gasteiger charge is 2.25. The van der Waals surface area contributed by atoms with Crippen molar-refractivity contribution in [2.45, 2.75) is 6.92 Å². The number of aryl methyl sites for hydroxylation is 1. The molecule has 0 spiro atoms. The van der Waals surface area contributed by atoms with E-state index >= 15 is 0 Å². The quantitative estimate of drug-likeness (QED) is 0.732. The molecule has 0 saturated carbocycles. The maximum Gasteiger partial charge on any atom is 0.219 e. The summed E-state index contributed by atoms with van der Waals surface area (Å²) in [4.78, 5) is 16.9. The summed E-state index contributed by atoms with van der Waals surface area (Å²) in [5.74, 6) is 0.266. The number of carbonyl (C=O) groups is 1. The standard InChI is InChI=1S/C22H25N3O/c1-17-22(19-10-6-7-11-20(19)23(17)2)21(26)16-24-12-14-25(15-13-24)18-8-4-3-5-9-18/h3-11H,12-16H2,1-2H3/p+1. The Morgan fingerprint density at radius 3 is 2.38 bits per heavy atom. The average molecular weight is 348 g/mol. The Morgan fingerprint density at radius 1 is 1.00 bits per heavy atom. The Bertz CT molecular complexity index is 921. The molecule has 0 unspecified atom stereocenters. The van der Waals surface area contributed by atoms with Crippen LogP contribution in [0, 0.1) is 6.92 Å². The number of ketones is 1. The Balaban J connectivity index is 1.46. The zero-order valence-electron chi connectivity index (χ0n) is 15.5. The van der Waals surface area contributed by atoms with E-state index in [1.165, 1.54) is 10.6 Å². The second-order valence-electron chi connectivity index (χ2n) is 7.21. The van der Waals surface area contributed by atoms with Crippen molar-refractivity contribution < 1.29 is 9.69 Å². The first-order valence-electron chi connectivity index (χ1n) is 9.36. The van der Waals surface area contributed by atoms with Crippen LogP contribution in [-0.4, -0.2) is 43.1 Å². The van der Waals surface area contributed by atoms with Crippen molar-refractivity contribution in [2.75, 3.05) is 37.6 Å². The highest BCUT2D eigenvalue weighted by molar-refractivity contribution is 6.10. The van der Waals surface area contributed by atoms with Gasteiger partial charge in [-0.2, -0.15) is 0 Å². The molecule has 134 valence electrons. The van der Waals surface area contributed by atoms with Crippen LogP contribution in [0.4, 0.5) is 5.69 Å². The number of nitrogens with zero attached hydrogens (tertiary/aromatic N) is 2. The molecule has 0 bridgehead atoms. The number of quaternary nitrogens is 1. The van der Waals surface area contributed by atoms with Crippen LogP contribution in [0.1, 0.15) is 16.1 Å². The molecule has 0 aliphatic carbocycles. The van der Waals surface area contributed by atoms with Crippen molar-refractivity contribution in [1.82, 2.24) is 4.57 Å². The molecule has 0 atom stereocenters. The maximum absolute atomic E-state index is 13.1. The third kappa shape index (κ3) is 3.01. The minimum atomic E-state index is 0.266. The van der Waals surface area contributed by atoms with Gasteiger partial charge in [0.2, 0.25) is 5.78 Å². The van der Waals surface area contributed by atoms with Crippen molar-refractivity contribution in [3.8, 4) is 0 Å². The van der Waals surface area contributed by atoms with E-state index in [0.29, 0.717) is 6.54 Å². The number of anilines is 1. The van der Waals surface area contributed by atoms with Crippen molar-refractivity contribution in [3.63, 3.8) is 0 Å². The summed E-state index contributed by atoms with van der Waals surface area (Å²) >= 11 is 0. The first-order chi connectivity index (χ1) is 12.6. The lowest BCUT2D eigenvalue weighted by molar-refractivity contribution is -0.892. The Kier molecular flexibility index (Phi) is 4.51. The van der Waals surface area contributed by atoms with Crippen LogP contribution < -0.4 is 9.80 Å². The molecule has 1 aromatic heterocycles. The number of para-hydroxylation sites is 2. The summed E-state index contributed by atoms with van der Waals surface area (Å²) in [5.41, 5.74) is 4.39. The van der Waals surface area contributed by atoms with Crippen LogP contribution in [0.25, 0.3) is 10.9 Å². The van der Waals surface area contributed by atoms with E-state index in [-0.39, 0.29) is 5.78 Å². The molecule has 0 radical (unpaired) electrons. The normalized spacial score (nSPS) is 15.5. The first-order valence-corrected chi connectivity index (χ1v) is 9.36. The number of benzene rings is 2. The Labute approximate surface area is 154 Å². The largest absolute Gasteiger partial charge is 0.360 e. The fourth-order valence-electron chi connectivity index (χ4n) is 4.08. The number of piperazine rings is 1. The number of nitrogens with one attached hydrogen (secondary N) is 1. The lowest BCUT2D eigenvalue weighted by Crippen LogP contribution is -3.15. The Morgan fingerprint density at radius 2 is 1.65 bits per heavy atom. The molecular formula is C22H26N3O+. The lowest BCUT2D eigenvalue weighted by Gasteiger charge is -2.33. The van der Waals surface area contributed by atoms with Crippen LogP contribution in [0.2, 0.25) is 0 Å². The van der Waals surface area contributed by atoms with Gasteiger partial charge in [-0.05, 0) is 25.1 Å². The van der Waals surface area contributed by atoms with Crippen LogP contribution in [0.3, 0.4) is 0 Å². The molecule has 1 saturated heterocycles. The number of carbonyl (C=O) groups excluding carboxylic acids is 1. The predicted molar refractivity (Wildman–Crippen MR) is 106 cm³/mol. The van der Waals surface area contributed by atoms with Gasteiger partial charge in [-0.3, -0.25) is 4.79 Å². The molecule has 4 nitrogen and oxygen atoms in total. The summed E-state index contributed by atoms with van der Waals surface area (Å²) in [7, 11) is 2.04. The molecule has 4 rings (SSSR count). The molecular weight excluding hydrogens is 322 g/mol. The van der Waals surface area contributed by atoms with E-state index in [2.05, 4.69) is 58.9 Å². The fourth-order valence-corrected chi connectivity index (χ4v) is 4.08. The predicted octanol–water partition coefficient (Wildman–Crippen LogP) is 2.07. The number of hydrogen-bond acceptors (Lipinski definition) is 2. The molecule has 2 aromatic carbocycles. The minimum Gasteiger partial charge on any atom is -0.360 e. The number of rotatable bonds is 4. The Hall–Kier alpha value is -2.59. The highest BCUT2D eigenvalue weighted by Crippen LogP contribution is 2.24. The molecule has 26 heavy (non-hydrogen) atoms. The van der Waals surface area contributed by atoms with E-state index < -0.39 is 0 Å². The van der Waals surface area contributed by atoms with E-state index in [0.717, 1.165) is 48.3 Å². The molecule has 4 heteroatoms. The minimum absolute atomic E-state index is 0.266. The van der Waals surface area contributed by atoms with Gasteiger partial charge in [0.05, 0.1) is 31.7 Å². The third-order valence-electron chi connectivity index (χ3n) is 5.68. The average Bonchev–Trinajstić information content (AvgIpc) is 2.94.